The smallest absolute Gasteiger partial charge is 0.216 e. The van der Waals surface area contributed by atoms with E-state index in [1.165, 1.54) is 26.2 Å². The summed E-state index contributed by atoms with van der Waals surface area (Å²) in [6.45, 7) is 1.18. The number of amides is 1. The maximum Gasteiger partial charge on any atom is 0.216 e. The number of carbonyl (C=O) groups is 1. The molecule has 0 aromatic heterocycles. The van der Waals surface area contributed by atoms with Crippen LogP contribution in [0.25, 0.3) is 0 Å². The predicted molar refractivity (Wildman–Crippen MR) is 72.0 cm³/mol. The second-order valence-electron chi connectivity index (χ2n) is 4.00. The molecule has 7 heteroatoms. The van der Waals surface area contributed by atoms with Gasteiger partial charge in [0.05, 0.1) is 7.11 Å². The maximum absolute atomic E-state index is 10.7. The molecule has 19 heavy (non-hydrogen) atoms. The highest BCUT2D eigenvalue weighted by Gasteiger charge is 2.24. The average molecular weight is 334 g/mol. The van der Waals surface area contributed by atoms with Crippen molar-refractivity contribution in [3.05, 3.63) is 22.2 Å². The molecule has 1 aromatic carbocycles. The van der Waals surface area contributed by atoms with Crippen LogP contribution in [0.1, 0.15) is 18.6 Å². The number of nitrogens with one attached hydrogen (secondary N) is 1. The Labute approximate surface area is 119 Å². The predicted octanol–water partition coefficient (Wildman–Crippen LogP) is 0.694. The van der Waals surface area contributed by atoms with E-state index in [9.17, 15) is 20.1 Å². The van der Waals surface area contributed by atoms with Crippen LogP contribution in [0.15, 0.2) is 16.6 Å². The van der Waals surface area contributed by atoms with Gasteiger partial charge in [0, 0.05) is 23.5 Å². The van der Waals surface area contributed by atoms with E-state index >= 15 is 0 Å². The van der Waals surface area contributed by atoms with Crippen molar-refractivity contribution in [2.75, 3.05) is 13.7 Å². The van der Waals surface area contributed by atoms with Crippen molar-refractivity contribution >= 4 is 21.8 Å². The van der Waals surface area contributed by atoms with Crippen molar-refractivity contribution in [3.63, 3.8) is 0 Å². The zero-order valence-corrected chi connectivity index (χ0v) is 12.1. The Kier molecular flexibility index (Phi) is 5.59. The molecule has 0 aliphatic carbocycles. The molecule has 0 bridgehead atoms. The number of aromatic hydroxyl groups is 1. The lowest BCUT2D eigenvalue weighted by Gasteiger charge is -2.20. The van der Waals surface area contributed by atoms with Gasteiger partial charge in [-0.1, -0.05) is 15.9 Å². The van der Waals surface area contributed by atoms with Crippen molar-refractivity contribution in [1.29, 1.82) is 0 Å². The minimum absolute atomic E-state index is 0.115. The van der Waals surface area contributed by atoms with Crippen LogP contribution in [0, 0.1) is 0 Å². The summed E-state index contributed by atoms with van der Waals surface area (Å²) in [5.41, 5.74) is 0.115. The minimum atomic E-state index is -1.35. The minimum Gasteiger partial charge on any atom is -0.504 e. The molecule has 0 spiro atoms. The highest BCUT2D eigenvalue weighted by molar-refractivity contribution is 9.10. The summed E-state index contributed by atoms with van der Waals surface area (Å²) in [7, 11) is 1.38. The number of halogens is 1. The molecule has 0 radical (unpaired) electrons. The molecule has 2 atom stereocenters. The summed E-state index contributed by atoms with van der Waals surface area (Å²) in [6, 6.07) is 3.01. The third kappa shape index (κ3) is 4.09. The molecule has 1 rings (SSSR count). The summed E-state index contributed by atoms with van der Waals surface area (Å²) in [4.78, 5) is 10.7. The molecule has 0 saturated heterocycles. The monoisotopic (exact) mass is 333 g/mol. The Balaban J connectivity index is 2.95. The largest absolute Gasteiger partial charge is 0.504 e. The molecule has 106 valence electrons. The number of carbonyl (C=O) groups excluding carboxylic acids is 1. The standard InChI is InChI=1S/C12H16BrNO5/c1-6(15)14-5-9(16)11(17)8-3-7(13)4-10(19-2)12(8)18/h3-4,9,11,16-18H,5H2,1-2H3,(H,14,15). The van der Waals surface area contributed by atoms with Gasteiger partial charge in [-0.05, 0) is 12.1 Å². The fourth-order valence-electron chi connectivity index (χ4n) is 1.54. The first-order chi connectivity index (χ1) is 8.86. The number of rotatable bonds is 5. The average Bonchev–Trinajstić information content (AvgIpc) is 2.37. The normalized spacial score (nSPS) is 13.7. The van der Waals surface area contributed by atoms with Crippen LogP contribution in [0.5, 0.6) is 11.5 Å². The quantitative estimate of drug-likeness (QED) is 0.635. The Morgan fingerprint density at radius 3 is 2.63 bits per heavy atom. The van der Waals surface area contributed by atoms with Gasteiger partial charge in [-0.15, -0.1) is 0 Å². The third-order valence-corrected chi connectivity index (χ3v) is 2.99. The first-order valence-electron chi connectivity index (χ1n) is 5.53. The lowest BCUT2D eigenvalue weighted by molar-refractivity contribution is -0.119. The van der Waals surface area contributed by atoms with E-state index in [0.29, 0.717) is 4.47 Å². The van der Waals surface area contributed by atoms with Crippen LogP contribution < -0.4 is 10.1 Å². The van der Waals surface area contributed by atoms with E-state index < -0.39 is 12.2 Å². The number of methoxy groups -OCH3 is 1. The van der Waals surface area contributed by atoms with E-state index in [1.807, 2.05) is 0 Å². The van der Waals surface area contributed by atoms with Crippen LogP contribution in [0.2, 0.25) is 0 Å². The molecule has 0 saturated carbocycles. The molecule has 0 aliphatic rings. The summed E-state index contributed by atoms with van der Waals surface area (Å²) in [5.74, 6) is -0.391. The Morgan fingerprint density at radius 1 is 1.47 bits per heavy atom. The number of benzene rings is 1. The SMILES string of the molecule is COc1cc(Br)cc(C(O)C(O)CNC(C)=O)c1O. The van der Waals surface area contributed by atoms with Gasteiger partial charge in [0.25, 0.3) is 0 Å². The van der Waals surface area contributed by atoms with Crippen LogP contribution in [-0.2, 0) is 4.79 Å². The summed E-state index contributed by atoms with van der Waals surface area (Å²) < 4.78 is 5.54. The molecular weight excluding hydrogens is 318 g/mol. The Bertz CT molecular complexity index is 466. The van der Waals surface area contributed by atoms with Crippen LogP contribution in [0.3, 0.4) is 0 Å². The molecule has 2 unspecified atom stereocenters. The molecule has 0 heterocycles. The Morgan fingerprint density at radius 2 is 2.11 bits per heavy atom. The summed E-state index contributed by atoms with van der Waals surface area (Å²) in [5, 5.41) is 32.0. The molecule has 4 N–H and O–H groups in total. The van der Waals surface area contributed by atoms with E-state index in [1.54, 1.807) is 0 Å². The van der Waals surface area contributed by atoms with Crippen molar-refractivity contribution in [3.8, 4) is 11.5 Å². The number of hydrogen-bond acceptors (Lipinski definition) is 5. The number of phenols is 1. The number of aliphatic hydroxyl groups is 2. The molecular formula is C12H16BrNO5. The van der Waals surface area contributed by atoms with Crippen molar-refractivity contribution in [2.45, 2.75) is 19.1 Å². The van der Waals surface area contributed by atoms with Crippen molar-refractivity contribution in [1.82, 2.24) is 5.32 Å². The van der Waals surface area contributed by atoms with E-state index in [0.717, 1.165) is 0 Å². The fourth-order valence-corrected chi connectivity index (χ4v) is 2.00. The van der Waals surface area contributed by atoms with Gasteiger partial charge in [-0.2, -0.15) is 0 Å². The molecule has 6 nitrogen and oxygen atoms in total. The number of aliphatic hydroxyl groups excluding tert-OH is 2. The lowest BCUT2D eigenvalue weighted by atomic mass is 10.0. The molecule has 0 aliphatic heterocycles. The second-order valence-corrected chi connectivity index (χ2v) is 4.91. The van der Waals surface area contributed by atoms with Gasteiger partial charge in [-0.3, -0.25) is 4.79 Å². The van der Waals surface area contributed by atoms with Gasteiger partial charge in [0.15, 0.2) is 11.5 Å². The second kappa shape index (κ2) is 6.74. The van der Waals surface area contributed by atoms with Gasteiger partial charge < -0.3 is 25.4 Å². The van der Waals surface area contributed by atoms with Gasteiger partial charge in [0.1, 0.15) is 12.2 Å². The van der Waals surface area contributed by atoms with Gasteiger partial charge in [0.2, 0.25) is 5.91 Å². The van der Waals surface area contributed by atoms with Crippen molar-refractivity contribution in [2.24, 2.45) is 0 Å². The number of hydrogen-bond donors (Lipinski definition) is 4. The molecule has 0 fully saturated rings. The fraction of sp³-hybridized carbons (Fsp3) is 0.417. The topological polar surface area (TPSA) is 99.0 Å². The highest BCUT2D eigenvalue weighted by atomic mass is 79.9. The van der Waals surface area contributed by atoms with E-state index in [2.05, 4.69) is 21.2 Å². The van der Waals surface area contributed by atoms with E-state index in [-0.39, 0.29) is 29.5 Å². The maximum atomic E-state index is 10.7. The first-order valence-corrected chi connectivity index (χ1v) is 6.33. The van der Waals surface area contributed by atoms with Crippen LogP contribution in [-0.4, -0.2) is 41.0 Å². The zero-order chi connectivity index (χ0) is 14.6. The van der Waals surface area contributed by atoms with Crippen molar-refractivity contribution < 1.29 is 24.9 Å². The van der Waals surface area contributed by atoms with Gasteiger partial charge in [-0.25, -0.2) is 0 Å². The first kappa shape index (κ1) is 15.7. The number of phenolic OH excluding ortho intramolecular Hbond substituents is 1. The third-order valence-electron chi connectivity index (χ3n) is 2.53. The molecule has 1 aromatic rings. The lowest BCUT2D eigenvalue weighted by Crippen LogP contribution is -2.34. The number of ether oxygens (including phenoxy) is 1. The van der Waals surface area contributed by atoms with E-state index in [4.69, 9.17) is 4.74 Å². The van der Waals surface area contributed by atoms with Crippen LogP contribution >= 0.6 is 15.9 Å². The Hall–Kier alpha value is -1.31. The van der Waals surface area contributed by atoms with Gasteiger partial charge >= 0.3 is 0 Å². The summed E-state index contributed by atoms with van der Waals surface area (Å²) in [6.07, 6.45) is -2.59. The highest BCUT2D eigenvalue weighted by Crippen LogP contribution is 2.37. The molecule has 1 amide bonds. The summed E-state index contributed by atoms with van der Waals surface area (Å²) >= 11 is 3.21. The van der Waals surface area contributed by atoms with Crippen LogP contribution in [0.4, 0.5) is 0 Å². The zero-order valence-electron chi connectivity index (χ0n) is 10.6.